The van der Waals surface area contributed by atoms with E-state index >= 15 is 0 Å². The van der Waals surface area contributed by atoms with Crippen molar-refractivity contribution in [2.75, 3.05) is 33.4 Å². The van der Waals surface area contributed by atoms with E-state index in [-0.39, 0.29) is 28.9 Å². The largest absolute Gasteiger partial charge is 0.356 e. The van der Waals surface area contributed by atoms with Crippen LogP contribution < -0.4 is 10.6 Å². The number of nitrogens with zero attached hydrogens (tertiary/aromatic N) is 2. The Balaban J connectivity index is 0.00000392. The number of nitrogens with one attached hydrogen (secondary N) is 2. The smallest absolute Gasteiger partial charge is 0.242 e. The van der Waals surface area contributed by atoms with Gasteiger partial charge in [-0.05, 0) is 29.8 Å². The van der Waals surface area contributed by atoms with Crippen LogP contribution in [0.2, 0.25) is 0 Å². The van der Waals surface area contributed by atoms with Crippen molar-refractivity contribution in [3.05, 3.63) is 60.2 Å². The number of sulfonamides is 1. The van der Waals surface area contributed by atoms with Crippen LogP contribution in [0.15, 0.2) is 69.4 Å². The van der Waals surface area contributed by atoms with Gasteiger partial charge >= 0.3 is 0 Å². The molecule has 0 radical (unpaired) electrons. The maximum atomic E-state index is 12.1. The van der Waals surface area contributed by atoms with Crippen molar-refractivity contribution in [2.24, 2.45) is 4.99 Å². The molecule has 0 saturated heterocycles. The molecule has 0 bridgehead atoms. The van der Waals surface area contributed by atoms with Crippen LogP contribution in [0.1, 0.15) is 5.56 Å². The van der Waals surface area contributed by atoms with Crippen molar-refractivity contribution in [2.45, 2.75) is 16.3 Å². The highest BCUT2D eigenvalue weighted by molar-refractivity contribution is 14.0. The standard InChI is InChI=1S/C19H26N4O2S2.HI/c1-20-19(21-13-14-26-17-7-5-4-6-8-17)22-15-16-9-11-18(12-10-16)27(24,25)23(2)3;/h4-12H,13-15H2,1-3H3,(H2,20,21,22);1H. The first-order chi connectivity index (χ1) is 12.9. The summed E-state index contributed by atoms with van der Waals surface area (Å²) in [7, 11) is 1.38. The summed E-state index contributed by atoms with van der Waals surface area (Å²) in [6.45, 7) is 1.35. The summed E-state index contributed by atoms with van der Waals surface area (Å²) in [5.41, 5.74) is 0.981. The average Bonchev–Trinajstić information content (AvgIpc) is 2.68. The molecule has 2 aromatic rings. The van der Waals surface area contributed by atoms with Gasteiger partial charge in [0.05, 0.1) is 4.90 Å². The highest BCUT2D eigenvalue weighted by Crippen LogP contribution is 2.16. The summed E-state index contributed by atoms with van der Waals surface area (Å²) in [4.78, 5) is 5.74. The molecule has 6 nitrogen and oxygen atoms in total. The van der Waals surface area contributed by atoms with Crippen LogP contribution in [0, 0.1) is 0 Å². The van der Waals surface area contributed by atoms with Crippen molar-refractivity contribution in [1.29, 1.82) is 0 Å². The van der Waals surface area contributed by atoms with Gasteiger partial charge in [-0.15, -0.1) is 35.7 Å². The zero-order chi connectivity index (χ0) is 19.7. The molecule has 0 aromatic heterocycles. The molecule has 0 aliphatic rings. The molecule has 0 aliphatic heterocycles. The number of thioether (sulfide) groups is 1. The molecule has 0 aliphatic carbocycles. The number of hydrogen-bond acceptors (Lipinski definition) is 4. The lowest BCUT2D eigenvalue weighted by Crippen LogP contribution is -2.37. The van der Waals surface area contributed by atoms with Crippen molar-refractivity contribution >= 4 is 51.7 Å². The minimum atomic E-state index is -3.39. The van der Waals surface area contributed by atoms with Gasteiger partial charge in [-0.1, -0.05) is 30.3 Å². The van der Waals surface area contributed by atoms with Gasteiger partial charge in [-0.2, -0.15) is 0 Å². The van der Waals surface area contributed by atoms with Crippen LogP contribution in [0.4, 0.5) is 0 Å². The number of aliphatic imine (C=N–C) groups is 1. The second-order valence-corrected chi connectivity index (χ2v) is 9.27. The van der Waals surface area contributed by atoms with Gasteiger partial charge in [0.15, 0.2) is 5.96 Å². The SMILES string of the molecule is CN=C(NCCSc1ccccc1)NCc1ccc(S(=O)(=O)N(C)C)cc1.I. The Morgan fingerprint density at radius 3 is 2.25 bits per heavy atom. The second kappa shape index (κ2) is 12.3. The Morgan fingerprint density at radius 2 is 1.68 bits per heavy atom. The summed E-state index contributed by atoms with van der Waals surface area (Å²) < 4.78 is 25.4. The lowest BCUT2D eigenvalue weighted by molar-refractivity contribution is 0.520. The van der Waals surface area contributed by atoms with E-state index in [9.17, 15) is 8.42 Å². The van der Waals surface area contributed by atoms with Crippen LogP contribution in [-0.4, -0.2) is 52.1 Å². The number of benzene rings is 2. The van der Waals surface area contributed by atoms with Gasteiger partial charge in [-0.25, -0.2) is 12.7 Å². The quantitative estimate of drug-likeness (QED) is 0.179. The summed E-state index contributed by atoms with van der Waals surface area (Å²) >= 11 is 1.79. The van der Waals surface area contributed by atoms with Gasteiger partial charge in [0.25, 0.3) is 0 Å². The Morgan fingerprint density at radius 1 is 1.04 bits per heavy atom. The third-order valence-corrected chi connectivity index (χ3v) is 6.63. The van der Waals surface area contributed by atoms with Crippen LogP contribution in [-0.2, 0) is 16.6 Å². The van der Waals surface area contributed by atoms with Crippen LogP contribution >= 0.6 is 35.7 Å². The number of rotatable bonds is 8. The summed E-state index contributed by atoms with van der Waals surface area (Å²) in [5.74, 6) is 1.65. The molecule has 0 fully saturated rings. The number of hydrogen-bond donors (Lipinski definition) is 2. The van der Waals surface area contributed by atoms with Crippen LogP contribution in [0.25, 0.3) is 0 Å². The minimum Gasteiger partial charge on any atom is -0.356 e. The van der Waals surface area contributed by atoms with Crippen molar-refractivity contribution < 1.29 is 8.42 Å². The van der Waals surface area contributed by atoms with Crippen molar-refractivity contribution in [1.82, 2.24) is 14.9 Å². The lowest BCUT2D eigenvalue weighted by atomic mass is 10.2. The Labute approximate surface area is 189 Å². The first-order valence-corrected chi connectivity index (χ1v) is 11.0. The molecule has 2 N–H and O–H groups in total. The predicted octanol–water partition coefficient (Wildman–Crippen LogP) is 3.01. The Bertz CT molecular complexity index is 842. The predicted molar refractivity (Wildman–Crippen MR) is 128 cm³/mol. The molecule has 2 aromatic carbocycles. The second-order valence-electron chi connectivity index (χ2n) is 5.95. The van der Waals surface area contributed by atoms with Crippen LogP contribution in [0.3, 0.4) is 0 Å². The first kappa shape index (κ1) is 24.7. The minimum absolute atomic E-state index is 0. The van der Waals surface area contributed by atoms with Gasteiger partial charge in [0.2, 0.25) is 10.0 Å². The van der Waals surface area contributed by atoms with E-state index in [1.165, 1.54) is 23.3 Å². The van der Waals surface area contributed by atoms with Crippen LogP contribution in [0.5, 0.6) is 0 Å². The topological polar surface area (TPSA) is 73.8 Å². The lowest BCUT2D eigenvalue weighted by Gasteiger charge is -2.13. The van der Waals surface area contributed by atoms with E-state index in [0.29, 0.717) is 12.5 Å². The average molecular weight is 534 g/mol. The fourth-order valence-corrected chi connectivity index (χ4v) is 3.94. The fraction of sp³-hybridized carbons (Fsp3) is 0.316. The molecular formula is C19H27IN4O2S2. The molecule has 0 amide bonds. The maximum absolute atomic E-state index is 12.1. The van der Waals surface area contributed by atoms with E-state index in [1.807, 2.05) is 30.3 Å². The van der Waals surface area contributed by atoms with E-state index < -0.39 is 10.0 Å². The fourth-order valence-electron chi connectivity index (χ4n) is 2.25. The van der Waals surface area contributed by atoms with E-state index in [4.69, 9.17) is 0 Å². The van der Waals surface area contributed by atoms with Crippen molar-refractivity contribution in [3.8, 4) is 0 Å². The molecule has 0 heterocycles. The number of guanidine groups is 1. The molecule has 0 saturated carbocycles. The molecular weight excluding hydrogens is 507 g/mol. The van der Waals surface area contributed by atoms with Crippen molar-refractivity contribution in [3.63, 3.8) is 0 Å². The van der Waals surface area contributed by atoms with Gasteiger partial charge in [0.1, 0.15) is 0 Å². The maximum Gasteiger partial charge on any atom is 0.242 e. The zero-order valence-corrected chi connectivity index (χ0v) is 20.2. The third-order valence-electron chi connectivity index (χ3n) is 3.79. The van der Waals surface area contributed by atoms with Gasteiger partial charge < -0.3 is 10.6 Å². The normalized spacial score (nSPS) is 11.8. The molecule has 0 unspecified atom stereocenters. The Kier molecular flexibility index (Phi) is 10.9. The molecule has 2 rings (SSSR count). The first-order valence-electron chi connectivity index (χ1n) is 8.57. The molecule has 0 atom stereocenters. The zero-order valence-electron chi connectivity index (χ0n) is 16.3. The third kappa shape index (κ3) is 7.61. The molecule has 0 spiro atoms. The van der Waals surface area contributed by atoms with E-state index in [0.717, 1.165) is 17.9 Å². The molecule has 154 valence electrons. The number of halogens is 1. The van der Waals surface area contributed by atoms with E-state index in [1.54, 1.807) is 30.9 Å². The molecule has 9 heteroatoms. The van der Waals surface area contributed by atoms with E-state index in [2.05, 4.69) is 27.8 Å². The van der Waals surface area contributed by atoms with Gasteiger partial charge in [0, 0.05) is 44.9 Å². The highest BCUT2D eigenvalue weighted by atomic mass is 127. The summed E-state index contributed by atoms with van der Waals surface area (Å²) in [6.07, 6.45) is 0. The Hall–Kier alpha value is -1.30. The summed E-state index contributed by atoms with van der Waals surface area (Å²) in [5, 5.41) is 6.51. The molecule has 28 heavy (non-hydrogen) atoms. The monoisotopic (exact) mass is 534 g/mol. The highest BCUT2D eigenvalue weighted by Gasteiger charge is 2.16. The summed E-state index contributed by atoms with van der Waals surface area (Å²) in [6, 6.07) is 17.1. The van der Waals surface area contributed by atoms with Gasteiger partial charge in [-0.3, -0.25) is 4.99 Å².